The lowest BCUT2D eigenvalue weighted by molar-refractivity contribution is -0.127. The average Bonchev–Trinajstić information content (AvgIpc) is 2.57. The molecule has 1 aliphatic rings. The first-order valence-corrected chi connectivity index (χ1v) is 11.2. The number of hydrogen-bond acceptors (Lipinski definition) is 3. The minimum atomic E-state index is -3.48. The maximum Gasteiger partial charge on any atom is 0.223 e. The van der Waals surface area contributed by atoms with Crippen molar-refractivity contribution in [3.05, 3.63) is 33.8 Å². The van der Waals surface area contributed by atoms with Gasteiger partial charge >= 0.3 is 0 Å². The van der Waals surface area contributed by atoms with Crippen molar-refractivity contribution in [3.63, 3.8) is 0 Å². The van der Waals surface area contributed by atoms with Crippen LogP contribution in [0.1, 0.15) is 39.2 Å². The van der Waals surface area contributed by atoms with Crippen molar-refractivity contribution >= 4 is 39.1 Å². The summed E-state index contributed by atoms with van der Waals surface area (Å²) >= 11 is 11.9. The highest BCUT2D eigenvalue weighted by Crippen LogP contribution is 2.26. The summed E-state index contributed by atoms with van der Waals surface area (Å²) in [5.41, 5.74) is 0.529. The lowest BCUT2D eigenvalue weighted by Crippen LogP contribution is -2.46. The number of hydrogen-bond donors (Lipinski definition) is 1. The Morgan fingerprint density at radius 1 is 1.23 bits per heavy atom. The highest BCUT2D eigenvalue weighted by atomic mass is 35.5. The number of benzene rings is 1. The van der Waals surface area contributed by atoms with Crippen molar-refractivity contribution in [2.45, 2.75) is 45.4 Å². The molecule has 0 radical (unpaired) electrons. The number of halogens is 2. The van der Waals surface area contributed by atoms with Crippen LogP contribution < -0.4 is 5.32 Å². The van der Waals surface area contributed by atoms with Gasteiger partial charge in [-0.3, -0.25) is 4.79 Å². The van der Waals surface area contributed by atoms with E-state index in [2.05, 4.69) is 19.2 Å². The van der Waals surface area contributed by atoms with Gasteiger partial charge in [0.15, 0.2) is 0 Å². The molecule has 0 aromatic heterocycles. The fourth-order valence-electron chi connectivity index (χ4n) is 2.83. The van der Waals surface area contributed by atoms with E-state index >= 15 is 0 Å². The quantitative estimate of drug-likeness (QED) is 0.762. The van der Waals surface area contributed by atoms with Crippen molar-refractivity contribution in [1.82, 2.24) is 9.62 Å². The first-order chi connectivity index (χ1) is 12.1. The molecule has 0 bridgehead atoms. The molecule has 5 nitrogen and oxygen atoms in total. The molecule has 1 aromatic carbocycles. The molecule has 1 amide bonds. The predicted octanol–water partition coefficient (Wildman–Crippen LogP) is 3.70. The topological polar surface area (TPSA) is 66.5 Å². The van der Waals surface area contributed by atoms with Crippen LogP contribution in [0, 0.1) is 11.8 Å². The smallest absolute Gasteiger partial charge is 0.223 e. The van der Waals surface area contributed by atoms with E-state index < -0.39 is 10.0 Å². The number of carbonyl (C=O) groups is 1. The molecule has 0 spiro atoms. The summed E-state index contributed by atoms with van der Waals surface area (Å²) in [6.45, 7) is 6.80. The van der Waals surface area contributed by atoms with Crippen LogP contribution in [-0.4, -0.2) is 37.8 Å². The maximum atomic E-state index is 12.7. The van der Waals surface area contributed by atoms with Crippen molar-refractivity contribution in [2.24, 2.45) is 11.8 Å². The van der Waals surface area contributed by atoms with E-state index in [-0.39, 0.29) is 23.6 Å². The molecule has 0 aliphatic carbocycles. The highest BCUT2D eigenvalue weighted by Gasteiger charge is 2.32. The fraction of sp³-hybridized carbons (Fsp3) is 0.611. The van der Waals surface area contributed by atoms with Crippen molar-refractivity contribution in [1.29, 1.82) is 0 Å². The van der Waals surface area contributed by atoms with E-state index in [4.69, 9.17) is 23.2 Å². The number of amides is 1. The number of nitrogens with one attached hydrogen (secondary N) is 1. The maximum absolute atomic E-state index is 12.7. The molecule has 1 aliphatic heterocycles. The van der Waals surface area contributed by atoms with Gasteiger partial charge in [0.25, 0.3) is 0 Å². The molecular weight excluding hydrogens is 395 g/mol. The Morgan fingerprint density at radius 3 is 2.38 bits per heavy atom. The van der Waals surface area contributed by atoms with Crippen LogP contribution in [0.3, 0.4) is 0 Å². The number of piperidine rings is 1. The minimum Gasteiger partial charge on any atom is -0.353 e. The van der Waals surface area contributed by atoms with Gasteiger partial charge in [-0.1, -0.05) is 43.1 Å². The Labute approximate surface area is 166 Å². The van der Waals surface area contributed by atoms with Gasteiger partial charge in [0.1, 0.15) is 0 Å². The predicted molar refractivity (Wildman–Crippen MR) is 106 cm³/mol. The second-order valence-electron chi connectivity index (χ2n) is 7.21. The lowest BCUT2D eigenvalue weighted by atomic mass is 9.96. The molecule has 1 heterocycles. The molecule has 1 fully saturated rings. The Hall–Kier alpha value is -0.820. The third-order valence-corrected chi connectivity index (χ3v) is 7.36. The highest BCUT2D eigenvalue weighted by molar-refractivity contribution is 7.88. The molecule has 8 heteroatoms. The van der Waals surface area contributed by atoms with Crippen molar-refractivity contribution in [2.75, 3.05) is 13.1 Å². The SMILES string of the molecule is CC(C)[C@H](C)NC(=O)C1CCN(S(=O)(=O)Cc2ccc(Cl)cc2Cl)CC1. The second kappa shape index (κ2) is 8.91. The molecule has 1 saturated heterocycles. The van der Waals surface area contributed by atoms with Crippen LogP contribution in [0.25, 0.3) is 0 Å². The van der Waals surface area contributed by atoms with E-state index in [9.17, 15) is 13.2 Å². The first kappa shape index (κ1) is 21.5. The van der Waals surface area contributed by atoms with Gasteiger partial charge in [-0.2, -0.15) is 0 Å². The zero-order valence-corrected chi connectivity index (χ0v) is 17.7. The van der Waals surface area contributed by atoms with Gasteiger partial charge in [-0.25, -0.2) is 12.7 Å². The molecule has 1 N–H and O–H groups in total. The fourth-order valence-corrected chi connectivity index (χ4v) is 4.98. The van der Waals surface area contributed by atoms with E-state index in [0.717, 1.165) is 0 Å². The van der Waals surface area contributed by atoms with Crippen LogP contribution >= 0.6 is 23.2 Å². The number of rotatable bonds is 6. The average molecular weight is 421 g/mol. The van der Waals surface area contributed by atoms with Gasteiger partial charge in [0, 0.05) is 35.1 Å². The Morgan fingerprint density at radius 2 is 1.85 bits per heavy atom. The number of carbonyl (C=O) groups excluding carboxylic acids is 1. The molecule has 26 heavy (non-hydrogen) atoms. The summed E-state index contributed by atoms with van der Waals surface area (Å²) in [6, 6.07) is 4.91. The van der Waals surface area contributed by atoms with Gasteiger partial charge in [-0.05, 0) is 43.4 Å². The molecule has 0 unspecified atom stereocenters. The Kier molecular flexibility index (Phi) is 7.36. The van der Waals surface area contributed by atoms with Crippen molar-refractivity contribution in [3.8, 4) is 0 Å². The van der Waals surface area contributed by atoms with Crippen molar-refractivity contribution < 1.29 is 13.2 Å². The first-order valence-electron chi connectivity index (χ1n) is 8.82. The Balaban J connectivity index is 1.94. The zero-order valence-electron chi connectivity index (χ0n) is 15.3. The second-order valence-corrected chi connectivity index (χ2v) is 10.0. The third-order valence-electron chi connectivity index (χ3n) is 4.94. The summed E-state index contributed by atoms with van der Waals surface area (Å²) < 4.78 is 26.8. The van der Waals surface area contributed by atoms with Crippen LogP contribution in [-0.2, 0) is 20.6 Å². The zero-order chi connectivity index (χ0) is 19.5. The molecule has 1 atom stereocenters. The van der Waals surface area contributed by atoms with Crippen LogP contribution in [0.2, 0.25) is 10.0 Å². The van der Waals surface area contributed by atoms with Crippen LogP contribution in [0.4, 0.5) is 0 Å². The van der Waals surface area contributed by atoms with E-state index in [1.807, 2.05) is 6.92 Å². The summed E-state index contributed by atoms with van der Waals surface area (Å²) in [5.74, 6) is 0.0823. The van der Waals surface area contributed by atoms with E-state index in [1.165, 1.54) is 4.31 Å². The molecular formula is C18H26Cl2N2O3S. The Bertz CT molecular complexity index is 745. The normalized spacial score (nSPS) is 18.1. The molecule has 146 valence electrons. The van der Waals surface area contributed by atoms with E-state index in [1.54, 1.807) is 18.2 Å². The largest absolute Gasteiger partial charge is 0.353 e. The minimum absolute atomic E-state index is 0.0176. The molecule has 2 rings (SSSR count). The standard InChI is InChI=1S/C18H26Cl2N2O3S/c1-12(2)13(3)21-18(23)14-6-8-22(9-7-14)26(24,25)11-15-4-5-16(19)10-17(15)20/h4-5,10,12-14H,6-9,11H2,1-3H3,(H,21,23)/t13-/m0/s1. The van der Waals surface area contributed by atoms with Gasteiger partial charge in [0.2, 0.25) is 15.9 Å². The van der Waals surface area contributed by atoms with Gasteiger partial charge in [0.05, 0.1) is 5.75 Å². The van der Waals surface area contributed by atoms with Crippen LogP contribution in [0.15, 0.2) is 18.2 Å². The van der Waals surface area contributed by atoms with Gasteiger partial charge < -0.3 is 5.32 Å². The summed E-state index contributed by atoms with van der Waals surface area (Å²) in [7, 11) is -3.48. The van der Waals surface area contributed by atoms with Crippen LogP contribution in [0.5, 0.6) is 0 Å². The summed E-state index contributed by atoms with van der Waals surface area (Å²) in [4.78, 5) is 12.3. The summed E-state index contributed by atoms with van der Waals surface area (Å²) in [6.07, 6.45) is 1.06. The number of nitrogens with zero attached hydrogens (tertiary/aromatic N) is 1. The lowest BCUT2D eigenvalue weighted by Gasteiger charge is -2.31. The monoisotopic (exact) mass is 420 g/mol. The van der Waals surface area contributed by atoms with E-state index in [0.29, 0.717) is 47.5 Å². The summed E-state index contributed by atoms with van der Waals surface area (Å²) in [5, 5.41) is 3.83. The number of sulfonamides is 1. The third kappa shape index (κ3) is 5.59. The molecule has 1 aromatic rings. The molecule has 0 saturated carbocycles. The van der Waals surface area contributed by atoms with Gasteiger partial charge in [-0.15, -0.1) is 0 Å².